The fourth-order valence-electron chi connectivity index (χ4n) is 1.68. The minimum absolute atomic E-state index is 0.0459. The van der Waals surface area contributed by atoms with Crippen molar-refractivity contribution >= 4 is 6.08 Å². The van der Waals surface area contributed by atoms with Crippen LogP contribution >= 0.6 is 0 Å². The molecule has 0 aliphatic rings. The number of nitrogens with two attached hydrogens (primary N) is 1. The van der Waals surface area contributed by atoms with Crippen LogP contribution in [0.2, 0.25) is 0 Å². The lowest BCUT2D eigenvalue weighted by Crippen LogP contribution is -2.40. The van der Waals surface area contributed by atoms with E-state index in [0.717, 1.165) is 24.8 Å². The van der Waals surface area contributed by atoms with Gasteiger partial charge in [0.05, 0.1) is 0 Å². The van der Waals surface area contributed by atoms with Crippen molar-refractivity contribution in [3.8, 4) is 0 Å². The van der Waals surface area contributed by atoms with Gasteiger partial charge in [-0.1, -0.05) is 50.8 Å². The predicted octanol–water partition coefficient (Wildman–Crippen LogP) is 3.39. The van der Waals surface area contributed by atoms with E-state index in [0.29, 0.717) is 0 Å². The molecule has 0 atom stereocenters. The van der Waals surface area contributed by atoms with E-state index in [1.807, 2.05) is 6.08 Å². The van der Waals surface area contributed by atoms with E-state index in [9.17, 15) is 0 Å². The molecule has 0 unspecified atom stereocenters. The van der Waals surface area contributed by atoms with Crippen molar-refractivity contribution in [3.05, 3.63) is 42.0 Å². The predicted molar refractivity (Wildman–Crippen MR) is 67.7 cm³/mol. The Hall–Kier alpha value is -1.08. The van der Waals surface area contributed by atoms with Gasteiger partial charge in [-0.25, -0.2) is 0 Å². The highest BCUT2D eigenvalue weighted by Crippen LogP contribution is 2.18. The van der Waals surface area contributed by atoms with Crippen LogP contribution in [0.25, 0.3) is 6.08 Å². The molecule has 82 valence electrons. The van der Waals surface area contributed by atoms with Gasteiger partial charge in [0.1, 0.15) is 0 Å². The van der Waals surface area contributed by atoms with Crippen LogP contribution in [-0.4, -0.2) is 5.54 Å². The molecule has 0 saturated carbocycles. The summed E-state index contributed by atoms with van der Waals surface area (Å²) in [5.74, 6) is 0. The molecule has 1 aromatic rings. The molecule has 0 aliphatic carbocycles. The Balaban J connectivity index is 2.76. The molecule has 0 radical (unpaired) electrons. The Labute approximate surface area is 93.0 Å². The van der Waals surface area contributed by atoms with Crippen LogP contribution in [0.3, 0.4) is 0 Å². The van der Waals surface area contributed by atoms with Crippen molar-refractivity contribution in [1.29, 1.82) is 0 Å². The summed E-state index contributed by atoms with van der Waals surface area (Å²) < 4.78 is 0. The molecule has 1 aromatic carbocycles. The molecular formula is C14H21N. The van der Waals surface area contributed by atoms with Crippen molar-refractivity contribution in [2.45, 2.75) is 38.6 Å². The van der Waals surface area contributed by atoms with E-state index in [2.05, 4.69) is 44.7 Å². The van der Waals surface area contributed by atoms with Gasteiger partial charge in [-0.3, -0.25) is 0 Å². The van der Waals surface area contributed by atoms with Crippen LogP contribution in [0.15, 0.2) is 30.8 Å². The summed E-state index contributed by atoms with van der Waals surface area (Å²) in [5.41, 5.74) is 8.71. The third kappa shape index (κ3) is 3.21. The van der Waals surface area contributed by atoms with Crippen molar-refractivity contribution in [2.24, 2.45) is 5.73 Å². The quantitative estimate of drug-likeness (QED) is 0.780. The van der Waals surface area contributed by atoms with Gasteiger partial charge < -0.3 is 5.73 Å². The summed E-state index contributed by atoms with van der Waals surface area (Å²) in [6.07, 6.45) is 4.86. The van der Waals surface area contributed by atoms with Crippen molar-refractivity contribution in [1.82, 2.24) is 0 Å². The molecule has 2 N–H and O–H groups in total. The lowest BCUT2D eigenvalue weighted by atomic mass is 9.87. The minimum atomic E-state index is -0.0459. The summed E-state index contributed by atoms with van der Waals surface area (Å²) in [6.45, 7) is 8.05. The second-order valence-electron chi connectivity index (χ2n) is 4.19. The molecule has 1 heteroatoms. The molecule has 0 amide bonds. The van der Waals surface area contributed by atoms with Gasteiger partial charge in [-0.05, 0) is 30.4 Å². The molecule has 0 heterocycles. The van der Waals surface area contributed by atoms with Crippen molar-refractivity contribution in [2.75, 3.05) is 0 Å². The molecule has 0 aliphatic heterocycles. The first-order valence-electron chi connectivity index (χ1n) is 5.64. The number of hydrogen-bond acceptors (Lipinski definition) is 1. The molecule has 0 saturated heterocycles. The topological polar surface area (TPSA) is 26.0 Å². The van der Waals surface area contributed by atoms with Gasteiger partial charge in [0, 0.05) is 5.54 Å². The van der Waals surface area contributed by atoms with Crippen molar-refractivity contribution in [3.63, 3.8) is 0 Å². The zero-order chi connectivity index (χ0) is 11.3. The average Bonchev–Trinajstić information content (AvgIpc) is 2.30. The van der Waals surface area contributed by atoms with Gasteiger partial charge >= 0.3 is 0 Å². The molecular weight excluding hydrogens is 182 g/mol. The van der Waals surface area contributed by atoms with E-state index < -0.39 is 0 Å². The van der Waals surface area contributed by atoms with Gasteiger partial charge in [-0.2, -0.15) is 0 Å². The SMILES string of the molecule is C=Cc1ccc(CC(N)(CC)CC)cc1. The highest BCUT2D eigenvalue weighted by Gasteiger charge is 2.20. The largest absolute Gasteiger partial charge is 0.325 e. The van der Waals surface area contributed by atoms with Gasteiger partial charge in [-0.15, -0.1) is 0 Å². The van der Waals surface area contributed by atoms with Crippen molar-refractivity contribution < 1.29 is 0 Å². The Morgan fingerprint density at radius 1 is 1.20 bits per heavy atom. The summed E-state index contributed by atoms with van der Waals surface area (Å²) >= 11 is 0. The Kier molecular flexibility index (Phi) is 4.10. The zero-order valence-electron chi connectivity index (χ0n) is 9.79. The van der Waals surface area contributed by atoms with Gasteiger partial charge in [0.15, 0.2) is 0 Å². The van der Waals surface area contributed by atoms with Crippen LogP contribution < -0.4 is 5.73 Å². The first kappa shape index (κ1) is 12.0. The van der Waals surface area contributed by atoms with E-state index in [1.165, 1.54) is 5.56 Å². The second kappa shape index (κ2) is 5.13. The van der Waals surface area contributed by atoms with Gasteiger partial charge in [0.25, 0.3) is 0 Å². The maximum Gasteiger partial charge on any atom is 0.0189 e. The summed E-state index contributed by atoms with van der Waals surface area (Å²) in [5, 5.41) is 0. The van der Waals surface area contributed by atoms with Crippen LogP contribution in [0.5, 0.6) is 0 Å². The smallest absolute Gasteiger partial charge is 0.0189 e. The Bertz CT molecular complexity index is 307. The lowest BCUT2D eigenvalue weighted by molar-refractivity contribution is 0.393. The molecule has 0 spiro atoms. The van der Waals surface area contributed by atoms with E-state index >= 15 is 0 Å². The molecule has 1 rings (SSSR count). The fourth-order valence-corrected chi connectivity index (χ4v) is 1.68. The standard InChI is InChI=1S/C14H21N/c1-4-12-7-9-13(10-8-12)11-14(15,5-2)6-3/h4,7-10H,1,5-6,11,15H2,2-3H3. The van der Waals surface area contributed by atoms with E-state index in [1.54, 1.807) is 0 Å². The molecule has 15 heavy (non-hydrogen) atoms. The third-order valence-corrected chi connectivity index (χ3v) is 3.18. The maximum absolute atomic E-state index is 6.28. The van der Waals surface area contributed by atoms with Crippen LogP contribution in [0.1, 0.15) is 37.8 Å². The summed E-state index contributed by atoms with van der Waals surface area (Å²) in [4.78, 5) is 0. The zero-order valence-corrected chi connectivity index (χ0v) is 9.79. The lowest BCUT2D eigenvalue weighted by Gasteiger charge is -2.26. The fraction of sp³-hybridized carbons (Fsp3) is 0.429. The number of benzene rings is 1. The summed E-state index contributed by atoms with van der Waals surface area (Å²) in [7, 11) is 0. The second-order valence-corrected chi connectivity index (χ2v) is 4.19. The van der Waals surface area contributed by atoms with Gasteiger partial charge in [0.2, 0.25) is 0 Å². The van der Waals surface area contributed by atoms with E-state index in [-0.39, 0.29) is 5.54 Å². The number of hydrogen-bond donors (Lipinski definition) is 1. The highest BCUT2D eigenvalue weighted by molar-refractivity contribution is 5.47. The minimum Gasteiger partial charge on any atom is -0.325 e. The first-order valence-corrected chi connectivity index (χ1v) is 5.64. The normalized spacial score (nSPS) is 11.4. The Morgan fingerprint density at radius 3 is 2.13 bits per heavy atom. The first-order chi connectivity index (χ1) is 7.13. The molecule has 1 nitrogen and oxygen atoms in total. The van der Waals surface area contributed by atoms with Crippen LogP contribution in [0, 0.1) is 0 Å². The Morgan fingerprint density at radius 2 is 1.73 bits per heavy atom. The molecule has 0 aromatic heterocycles. The monoisotopic (exact) mass is 203 g/mol. The molecule has 0 bridgehead atoms. The van der Waals surface area contributed by atoms with Crippen LogP contribution in [0.4, 0.5) is 0 Å². The number of rotatable bonds is 5. The third-order valence-electron chi connectivity index (χ3n) is 3.18. The summed E-state index contributed by atoms with van der Waals surface area (Å²) in [6, 6.07) is 8.47. The average molecular weight is 203 g/mol. The highest BCUT2D eigenvalue weighted by atomic mass is 14.7. The van der Waals surface area contributed by atoms with Crippen LogP contribution in [-0.2, 0) is 6.42 Å². The maximum atomic E-state index is 6.28. The molecule has 0 fully saturated rings. The van der Waals surface area contributed by atoms with E-state index in [4.69, 9.17) is 5.73 Å².